The summed E-state index contributed by atoms with van der Waals surface area (Å²) in [5, 5.41) is 7.36. The number of aromatic nitrogens is 3. The minimum absolute atomic E-state index is 0.906. The Labute approximate surface area is 97.8 Å². The molecule has 0 aromatic carbocycles. The van der Waals surface area contributed by atoms with Crippen LogP contribution in [0.3, 0.4) is 0 Å². The summed E-state index contributed by atoms with van der Waals surface area (Å²) in [6.07, 6.45) is 6.99. The minimum atomic E-state index is 0.906. The molecule has 0 aliphatic carbocycles. The van der Waals surface area contributed by atoms with E-state index in [9.17, 15) is 0 Å². The van der Waals surface area contributed by atoms with Gasteiger partial charge < -0.3 is 5.32 Å². The average Bonchev–Trinajstić information content (AvgIpc) is 2.67. The van der Waals surface area contributed by atoms with Gasteiger partial charge >= 0.3 is 0 Å². The molecule has 1 aromatic rings. The fourth-order valence-electron chi connectivity index (χ4n) is 1.61. The van der Waals surface area contributed by atoms with Crippen LogP contribution in [0.5, 0.6) is 0 Å². The Morgan fingerprint density at radius 1 is 1.56 bits per heavy atom. The molecule has 16 heavy (non-hydrogen) atoms. The number of allylic oxidation sites excluding steroid dienone is 1. The first kappa shape index (κ1) is 12.9. The summed E-state index contributed by atoms with van der Waals surface area (Å²) < 4.78 is 2.00. The molecule has 0 fully saturated rings. The monoisotopic (exact) mass is 222 g/mol. The zero-order valence-corrected chi connectivity index (χ0v) is 10.5. The molecule has 1 rings (SSSR count). The molecular weight excluding hydrogens is 200 g/mol. The van der Waals surface area contributed by atoms with Crippen molar-refractivity contribution in [2.24, 2.45) is 0 Å². The molecule has 4 nitrogen and oxygen atoms in total. The minimum Gasteiger partial charge on any atom is -0.319 e. The van der Waals surface area contributed by atoms with Gasteiger partial charge in [0.1, 0.15) is 12.2 Å². The van der Waals surface area contributed by atoms with Crippen molar-refractivity contribution in [2.45, 2.75) is 39.7 Å². The molecule has 4 heteroatoms. The molecule has 0 aliphatic heterocycles. The molecule has 90 valence electrons. The lowest BCUT2D eigenvalue weighted by Gasteiger charge is -2.04. The van der Waals surface area contributed by atoms with Crippen LogP contribution in [0.4, 0.5) is 0 Å². The highest BCUT2D eigenvalue weighted by Crippen LogP contribution is 2.05. The van der Waals surface area contributed by atoms with E-state index in [1.807, 2.05) is 11.7 Å². The standard InChI is InChI=1S/C12H22N4/c1-4-8-16-12(14-10-15-16)9-11(2)6-5-7-13-3/h6,10,13H,4-5,7-9H2,1-3H3. The largest absolute Gasteiger partial charge is 0.319 e. The molecule has 1 heterocycles. The summed E-state index contributed by atoms with van der Waals surface area (Å²) in [5.74, 6) is 1.07. The van der Waals surface area contributed by atoms with Gasteiger partial charge in [-0.2, -0.15) is 5.10 Å². The van der Waals surface area contributed by atoms with E-state index < -0.39 is 0 Å². The molecule has 0 spiro atoms. The summed E-state index contributed by atoms with van der Waals surface area (Å²) >= 11 is 0. The third kappa shape index (κ3) is 4.14. The Morgan fingerprint density at radius 3 is 3.06 bits per heavy atom. The van der Waals surface area contributed by atoms with Crippen LogP contribution in [0.2, 0.25) is 0 Å². The SMILES string of the molecule is CCCn1ncnc1CC(C)=CCCNC. The maximum atomic E-state index is 4.30. The van der Waals surface area contributed by atoms with Crippen LogP contribution in [0.25, 0.3) is 0 Å². The van der Waals surface area contributed by atoms with E-state index in [-0.39, 0.29) is 0 Å². The van der Waals surface area contributed by atoms with Gasteiger partial charge in [0.2, 0.25) is 0 Å². The molecular formula is C12H22N4. The topological polar surface area (TPSA) is 42.7 Å². The van der Waals surface area contributed by atoms with Crippen LogP contribution in [0, 0.1) is 0 Å². The van der Waals surface area contributed by atoms with Crippen molar-refractivity contribution in [1.29, 1.82) is 0 Å². The highest BCUT2D eigenvalue weighted by atomic mass is 15.3. The van der Waals surface area contributed by atoms with Crippen LogP contribution in [-0.2, 0) is 13.0 Å². The van der Waals surface area contributed by atoms with Gasteiger partial charge in [-0.25, -0.2) is 9.67 Å². The Hall–Kier alpha value is -1.16. The van der Waals surface area contributed by atoms with Crippen molar-refractivity contribution in [3.8, 4) is 0 Å². The van der Waals surface area contributed by atoms with Gasteiger partial charge in [0, 0.05) is 13.0 Å². The molecule has 0 unspecified atom stereocenters. The van der Waals surface area contributed by atoms with Gasteiger partial charge in [0.15, 0.2) is 0 Å². The summed E-state index contributed by atoms with van der Waals surface area (Å²) in [4.78, 5) is 4.30. The second kappa shape index (κ2) is 7.17. The number of nitrogens with one attached hydrogen (secondary N) is 1. The van der Waals surface area contributed by atoms with Crippen LogP contribution < -0.4 is 5.32 Å². The van der Waals surface area contributed by atoms with Crippen LogP contribution in [0.1, 0.15) is 32.5 Å². The first-order chi connectivity index (χ1) is 7.77. The number of hydrogen-bond donors (Lipinski definition) is 1. The second-order valence-electron chi connectivity index (χ2n) is 4.02. The third-order valence-corrected chi connectivity index (χ3v) is 2.46. The highest BCUT2D eigenvalue weighted by molar-refractivity contribution is 5.06. The van der Waals surface area contributed by atoms with Crippen LogP contribution in [-0.4, -0.2) is 28.4 Å². The lowest BCUT2D eigenvalue weighted by atomic mass is 10.1. The van der Waals surface area contributed by atoms with Gasteiger partial charge in [-0.05, 0) is 33.4 Å². The normalized spacial score (nSPS) is 12.1. The number of hydrogen-bond acceptors (Lipinski definition) is 3. The highest BCUT2D eigenvalue weighted by Gasteiger charge is 2.03. The van der Waals surface area contributed by atoms with E-state index in [4.69, 9.17) is 0 Å². The summed E-state index contributed by atoms with van der Waals surface area (Å²) in [6.45, 7) is 6.29. The maximum absolute atomic E-state index is 4.30. The predicted molar refractivity (Wildman–Crippen MR) is 66.3 cm³/mol. The molecule has 0 saturated heterocycles. The lowest BCUT2D eigenvalue weighted by molar-refractivity contribution is 0.574. The molecule has 0 amide bonds. The molecule has 0 aliphatic rings. The Kier molecular flexibility index (Phi) is 5.78. The Balaban J connectivity index is 2.51. The van der Waals surface area contributed by atoms with E-state index in [0.717, 1.165) is 38.2 Å². The van der Waals surface area contributed by atoms with E-state index in [1.165, 1.54) is 5.57 Å². The van der Waals surface area contributed by atoms with Crippen LogP contribution in [0.15, 0.2) is 18.0 Å². The molecule has 1 aromatic heterocycles. The van der Waals surface area contributed by atoms with Gasteiger partial charge in [-0.3, -0.25) is 0 Å². The number of nitrogens with zero attached hydrogens (tertiary/aromatic N) is 3. The van der Waals surface area contributed by atoms with E-state index >= 15 is 0 Å². The molecule has 0 saturated carbocycles. The Bertz CT molecular complexity index is 328. The predicted octanol–water partition coefficient (Wildman–Crippen LogP) is 1.79. The molecule has 0 atom stereocenters. The lowest BCUT2D eigenvalue weighted by Crippen LogP contribution is -2.07. The second-order valence-corrected chi connectivity index (χ2v) is 4.02. The number of rotatable bonds is 7. The van der Waals surface area contributed by atoms with Crippen molar-refractivity contribution in [3.63, 3.8) is 0 Å². The first-order valence-electron chi connectivity index (χ1n) is 5.94. The van der Waals surface area contributed by atoms with E-state index in [2.05, 4.69) is 35.3 Å². The van der Waals surface area contributed by atoms with Gasteiger partial charge in [0.05, 0.1) is 0 Å². The Morgan fingerprint density at radius 2 is 2.38 bits per heavy atom. The van der Waals surface area contributed by atoms with Crippen LogP contribution >= 0.6 is 0 Å². The van der Waals surface area contributed by atoms with Gasteiger partial charge in [0.25, 0.3) is 0 Å². The molecule has 0 radical (unpaired) electrons. The summed E-state index contributed by atoms with van der Waals surface area (Å²) in [6, 6.07) is 0. The van der Waals surface area contributed by atoms with Crippen molar-refractivity contribution < 1.29 is 0 Å². The number of aryl methyl sites for hydroxylation is 1. The van der Waals surface area contributed by atoms with E-state index in [1.54, 1.807) is 6.33 Å². The van der Waals surface area contributed by atoms with Gasteiger partial charge in [-0.1, -0.05) is 18.6 Å². The average molecular weight is 222 g/mol. The maximum Gasteiger partial charge on any atom is 0.138 e. The quantitative estimate of drug-likeness (QED) is 0.565. The fraction of sp³-hybridized carbons (Fsp3) is 0.667. The zero-order valence-electron chi connectivity index (χ0n) is 10.5. The van der Waals surface area contributed by atoms with Crippen molar-refractivity contribution >= 4 is 0 Å². The van der Waals surface area contributed by atoms with E-state index in [0.29, 0.717) is 0 Å². The zero-order chi connectivity index (χ0) is 11.8. The van der Waals surface area contributed by atoms with Crippen molar-refractivity contribution in [1.82, 2.24) is 20.1 Å². The fourth-order valence-corrected chi connectivity index (χ4v) is 1.61. The van der Waals surface area contributed by atoms with Crippen molar-refractivity contribution in [2.75, 3.05) is 13.6 Å². The van der Waals surface area contributed by atoms with Crippen molar-refractivity contribution in [3.05, 3.63) is 23.8 Å². The summed E-state index contributed by atoms with van der Waals surface area (Å²) in [7, 11) is 1.97. The summed E-state index contributed by atoms with van der Waals surface area (Å²) in [5.41, 5.74) is 1.36. The molecule has 0 bridgehead atoms. The first-order valence-corrected chi connectivity index (χ1v) is 5.94. The third-order valence-electron chi connectivity index (χ3n) is 2.46. The smallest absolute Gasteiger partial charge is 0.138 e. The van der Waals surface area contributed by atoms with Gasteiger partial charge in [-0.15, -0.1) is 0 Å². The molecule has 1 N–H and O–H groups in total.